The molecule has 0 unspecified atom stereocenters. The quantitative estimate of drug-likeness (QED) is 0.617. The molecule has 1 saturated carbocycles. The Morgan fingerprint density at radius 2 is 1.85 bits per heavy atom. The van der Waals surface area contributed by atoms with Gasteiger partial charge in [0.2, 0.25) is 10.0 Å². The molecule has 2 fully saturated rings. The normalized spacial score (nSPS) is 21.8. The highest BCUT2D eigenvalue weighted by Crippen LogP contribution is 2.27. The van der Waals surface area contributed by atoms with Crippen LogP contribution in [0.5, 0.6) is 0 Å². The van der Waals surface area contributed by atoms with Crippen molar-refractivity contribution >= 4 is 16.1 Å². The van der Waals surface area contributed by atoms with E-state index in [1.165, 1.54) is 0 Å². The Morgan fingerprint density at radius 1 is 1.20 bits per heavy atom. The molecule has 1 aliphatic carbocycles. The van der Waals surface area contributed by atoms with Gasteiger partial charge in [0.25, 0.3) is 0 Å². The first-order valence-corrected chi connectivity index (χ1v) is 8.69. The van der Waals surface area contributed by atoms with Crippen LogP contribution in [0.2, 0.25) is 0 Å². The fraction of sp³-hybridized carbons (Fsp3) is 0.917. The highest BCUT2D eigenvalue weighted by Gasteiger charge is 2.35. The summed E-state index contributed by atoms with van der Waals surface area (Å²) >= 11 is 0. The van der Waals surface area contributed by atoms with Crippen LogP contribution in [0.3, 0.4) is 0 Å². The van der Waals surface area contributed by atoms with Gasteiger partial charge in [0.15, 0.2) is 0 Å². The first kappa shape index (κ1) is 15.5. The van der Waals surface area contributed by atoms with E-state index in [1.807, 2.05) is 0 Å². The molecule has 0 atom stereocenters. The molecule has 0 aromatic heterocycles. The minimum atomic E-state index is -3.07. The van der Waals surface area contributed by atoms with Crippen LogP contribution in [0.15, 0.2) is 0 Å². The first-order chi connectivity index (χ1) is 9.47. The lowest BCUT2D eigenvalue weighted by atomic mass is 9.97. The van der Waals surface area contributed by atoms with Crippen molar-refractivity contribution in [1.29, 1.82) is 0 Å². The molecule has 0 bridgehead atoms. The maximum Gasteiger partial charge on any atom is 0.404 e. The summed E-state index contributed by atoms with van der Waals surface area (Å²) in [7, 11) is -3.07. The summed E-state index contributed by atoms with van der Waals surface area (Å²) in [6.45, 7) is 3.51. The second-order valence-electron chi connectivity index (χ2n) is 5.61. The van der Waals surface area contributed by atoms with E-state index in [-0.39, 0.29) is 5.25 Å². The van der Waals surface area contributed by atoms with E-state index in [9.17, 15) is 13.2 Å². The molecule has 3 N–H and O–H groups in total. The molecule has 116 valence electrons. The third-order valence-electron chi connectivity index (χ3n) is 3.94. The average Bonchev–Trinajstić information content (AvgIpc) is 3.22. The lowest BCUT2D eigenvalue weighted by Crippen LogP contribution is -2.42. The van der Waals surface area contributed by atoms with Gasteiger partial charge in [-0.3, -0.25) is 0 Å². The summed E-state index contributed by atoms with van der Waals surface area (Å²) in [6, 6.07) is 0. The number of hydrogen-bond donors (Lipinski definition) is 3. The standard InChI is InChI=1S/C12H23N3O4S/c16-12(17)13-9-10-3-6-15(7-4-10)8-5-14-20(18,19)11-1-2-11/h10-11,13-14H,1-9H2,(H,16,17). The Bertz CT molecular complexity index is 428. The van der Waals surface area contributed by atoms with Gasteiger partial charge in [0.1, 0.15) is 0 Å². The van der Waals surface area contributed by atoms with Crippen molar-refractivity contribution in [2.45, 2.75) is 30.9 Å². The van der Waals surface area contributed by atoms with E-state index in [0.29, 0.717) is 19.0 Å². The van der Waals surface area contributed by atoms with Crippen molar-refractivity contribution in [3.63, 3.8) is 0 Å². The van der Waals surface area contributed by atoms with E-state index in [2.05, 4.69) is 14.9 Å². The molecule has 0 spiro atoms. The molecule has 0 aromatic rings. The molecule has 7 nitrogen and oxygen atoms in total. The van der Waals surface area contributed by atoms with Crippen molar-refractivity contribution < 1.29 is 18.3 Å². The van der Waals surface area contributed by atoms with Gasteiger partial charge in [0, 0.05) is 19.6 Å². The maximum absolute atomic E-state index is 11.6. The number of sulfonamides is 1. The molecule has 1 saturated heterocycles. The third kappa shape index (κ3) is 4.92. The van der Waals surface area contributed by atoms with E-state index in [0.717, 1.165) is 45.3 Å². The number of nitrogens with one attached hydrogen (secondary N) is 2. The van der Waals surface area contributed by atoms with Crippen LogP contribution in [0, 0.1) is 5.92 Å². The molecule has 1 amide bonds. The smallest absolute Gasteiger partial charge is 0.404 e. The van der Waals surface area contributed by atoms with Crippen molar-refractivity contribution in [2.24, 2.45) is 5.92 Å². The van der Waals surface area contributed by atoms with Gasteiger partial charge < -0.3 is 15.3 Å². The number of hydrogen-bond acceptors (Lipinski definition) is 4. The van der Waals surface area contributed by atoms with E-state index < -0.39 is 16.1 Å². The SMILES string of the molecule is O=C(O)NCC1CCN(CCNS(=O)(=O)C2CC2)CC1. The van der Waals surface area contributed by atoms with Crippen LogP contribution in [-0.4, -0.2) is 62.5 Å². The second-order valence-corrected chi connectivity index (χ2v) is 7.66. The Hall–Kier alpha value is -0.860. The molecule has 2 aliphatic rings. The van der Waals surface area contributed by atoms with E-state index in [4.69, 9.17) is 5.11 Å². The minimum absolute atomic E-state index is 0.157. The van der Waals surface area contributed by atoms with Gasteiger partial charge in [0.05, 0.1) is 5.25 Å². The van der Waals surface area contributed by atoms with Gasteiger partial charge in [-0.05, 0) is 44.7 Å². The van der Waals surface area contributed by atoms with Gasteiger partial charge in [-0.25, -0.2) is 17.9 Å². The van der Waals surface area contributed by atoms with Crippen molar-refractivity contribution in [1.82, 2.24) is 14.9 Å². The summed E-state index contributed by atoms with van der Waals surface area (Å²) in [5.74, 6) is 0.394. The summed E-state index contributed by atoms with van der Waals surface area (Å²) in [6.07, 6.45) is 2.52. The number of rotatable bonds is 7. The number of nitrogens with zero attached hydrogens (tertiary/aromatic N) is 1. The summed E-state index contributed by atoms with van der Waals surface area (Å²) in [4.78, 5) is 12.6. The monoisotopic (exact) mass is 305 g/mol. The van der Waals surface area contributed by atoms with Gasteiger partial charge >= 0.3 is 6.09 Å². The molecule has 0 radical (unpaired) electrons. The second kappa shape index (κ2) is 6.73. The predicted molar refractivity (Wildman–Crippen MR) is 75.1 cm³/mol. The lowest BCUT2D eigenvalue weighted by Gasteiger charge is -2.31. The van der Waals surface area contributed by atoms with Crippen LogP contribution in [-0.2, 0) is 10.0 Å². The molecule has 1 heterocycles. The minimum Gasteiger partial charge on any atom is -0.465 e. The van der Waals surface area contributed by atoms with Gasteiger partial charge in [-0.1, -0.05) is 0 Å². The van der Waals surface area contributed by atoms with Crippen LogP contribution >= 0.6 is 0 Å². The molecular formula is C12H23N3O4S. The zero-order valence-corrected chi connectivity index (χ0v) is 12.4. The first-order valence-electron chi connectivity index (χ1n) is 7.15. The van der Waals surface area contributed by atoms with E-state index >= 15 is 0 Å². The van der Waals surface area contributed by atoms with Gasteiger partial charge in [-0.2, -0.15) is 0 Å². The summed E-state index contributed by atoms with van der Waals surface area (Å²) < 4.78 is 25.9. The Morgan fingerprint density at radius 3 is 2.40 bits per heavy atom. The highest BCUT2D eigenvalue weighted by molar-refractivity contribution is 7.90. The Labute approximate surface area is 119 Å². The topological polar surface area (TPSA) is 98.7 Å². The zero-order chi connectivity index (χ0) is 14.6. The van der Waals surface area contributed by atoms with Gasteiger partial charge in [-0.15, -0.1) is 0 Å². The molecule has 20 heavy (non-hydrogen) atoms. The van der Waals surface area contributed by atoms with Crippen LogP contribution < -0.4 is 10.0 Å². The Balaban J connectivity index is 1.58. The zero-order valence-electron chi connectivity index (χ0n) is 11.5. The summed E-state index contributed by atoms with van der Waals surface area (Å²) in [5, 5.41) is 10.8. The molecule has 2 rings (SSSR count). The number of piperidine rings is 1. The van der Waals surface area contributed by atoms with Crippen molar-refractivity contribution in [2.75, 3.05) is 32.7 Å². The number of likely N-dealkylation sites (tertiary alicyclic amines) is 1. The van der Waals surface area contributed by atoms with E-state index in [1.54, 1.807) is 0 Å². The average molecular weight is 305 g/mol. The molecular weight excluding hydrogens is 282 g/mol. The predicted octanol–water partition coefficient (Wildman–Crippen LogP) is 0.0478. The Kier molecular flexibility index (Phi) is 5.22. The number of amides is 1. The summed E-state index contributed by atoms with van der Waals surface area (Å²) in [5.41, 5.74) is 0. The van der Waals surface area contributed by atoms with Crippen LogP contribution in [0.1, 0.15) is 25.7 Å². The lowest BCUT2D eigenvalue weighted by molar-refractivity contribution is 0.172. The number of carboxylic acid groups (broad SMARTS) is 1. The third-order valence-corrected chi connectivity index (χ3v) is 5.90. The highest BCUT2D eigenvalue weighted by atomic mass is 32.2. The molecule has 8 heteroatoms. The fourth-order valence-corrected chi connectivity index (χ4v) is 3.86. The van der Waals surface area contributed by atoms with Crippen LogP contribution in [0.25, 0.3) is 0 Å². The van der Waals surface area contributed by atoms with Crippen molar-refractivity contribution in [3.8, 4) is 0 Å². The van der Waals surface area contributed by atoms with Crippen molar-refractivity contribution in [3.05, 3.63) is 0 Å². The largest absolute Gasteiger partial charge is 0.465 e. The van der Waals surface area contributed by atoms with Crippen LogP contribution in [0.4, 0.5) is 4.79 Å². The molecule has 0 aromatic carbocycles. The fourth-order valence-electron chi connectivity index (χ4n) is 2.49. The molecule has 1 aliphatic heterocycles. The number of carbonyl (C=O) groups is 1. The maximum atomic E-state index is 11.6.